The molecule has 2 N–H and O–H groups in total. The van der Waals surface area contributed by atoms with Crippen molar-refractivity contribution in [3.8, 4) is 0 Å². The predicted octanol–water partition coefficient (Wildman–Crippen LogP) is 1.88. The minimum Gasteiger partial charge on any atom is -0.481 e. The first-order valence-electron chi connectivity index (χ1n) is 5.46. The van der Waals surface area contributed by atoms with E-state index in [2.05, 4.69) is 5.32 Å². The number of nitrogens with one attached hydrogen (secondary N) is 1. The Balaban J connectivity index is 2.47. The maximum Gasteiger partial charge on any atom is 0.305 e. The number of anilines is 2. The van der Waals surface area contributed by atoms with E-state index < -0.39 is 12.0 Å². The standard InChI is InChI=1S/C12H13ClN2O3/c1-6-7(13)3-4-8-11(6)15(2)9(5-10(16)17)12(18)14-8/h3-4,9H,5H2,1-2H3,(H,14,18)(H,16,17). The molecule has 1 heterocycles. The van der Waals surface area contributed by atoms with Gasteiger partial charge in [-0.15, -0.1) is 0 Å². The summed E-state index contributed by atoms with van der Waals surface area (Å²) in [5.74, 6) is -1.32. The number of hydrogen-bond acceptors (Lipinski definition) is 3. The van der Waals surface area contributed by atoms with E-state index in [-0.39, 0.29) is 12.3 Å². The number of fused-ring (bicyclic) bond motifs is 1. The Morgan fingerprint density at radius 1 is 1.56 bits per heavy atom. The molecule has 96 valence electrons. The molecule has 0 saturated heterocycles. The van der Waals surface area contributed by atoms with Gasteiger partial charge in [0.1, 0.15) is 6.04 Å². The summed E-state index contributed by atoms with van der Waals surface area (Å²) in [6, 6.07) is 2.71. The van der Waals surface area contributed by atoms with Gasteiger partial charge < -0.3 is 15.3 Å². The van der Waals surface area contributed by atoms with Crippen LogP contribution in [0.2, 0.25) is 5.02 Å². The molecule has 1 atom stereocenters. The number of likely N-dealkylation sites (N-methyl/N-ethyl adjacent to an activating group) is 1. The molecule has 0 saturated carbocycles. The van der Waals surface area contributed by atoms with Crippen LogP contribution in [0.15, 0.2) is 12.1 Å². The maximum atomic E-state index is 11.9. The number of benzene rings is 1. The van der Waals surface area contributed by atoms with Crippen LogP contribution in [0, 0.1) is 6.92 Å². The molecule has 0 aromatic heterocycles. The SMILES string of the molecule is Cc1c(Cl)ccc2c1N(C)C(CC(=O)O)C(=O)N2. The van der Waals surface area contributed by atoms with Crippen molar-refractivity contribution in [2.75, 3.05) is 17.3 Å². The summed E-state index contributed by atoms with van der Waals surface area (Å²) < 4.78 is 0. The first kappa shape index (κ1) is 12.7. The van der Waals surface area contributed by atoms with Gasteiger partial charge >= 0.3 is 5.97 Å². The largest absolute Gasteiger partial charge is 0.481 e. The van der Waals surface area contributed by atoms with Crippen molar-refractivity contribution in [1.82, 2.24) is 0 Å². The van der Waals surface area contributed by atoms with Crippen LogP contribution in [-0.4, -0.2) is 30.1 Å². The molecule has 5 nitrogen and oxygen atoms in total. The van der Waals surface area contributed by atoms with Gasteiger partial charge in [0.05, 0.1) is 17.8 Å². The Morgan fingerprint density at radius 2 is 2.22 bits per heavy atom. The molecule has 1 aliphatic heterocycles. The number of hydrogen-bond donors (Lipinski definition) is 2. The second kappa shape index (κ2) is 4.49. The maximum absolute atomic E-state index is 11.9. The zero-order valence-electron chi connectivity index (χ0n) is 10.0. The van der Waals surface area contributed by atoms with Crippen LogP contribution in [0.1, 0.15) is 12.0 Å². The van der Waals surface area contributed by atoms with Crippen molar-refractivity contribution in [2.45, 2.75) is 19.4 Å². The molecule has 0 bridgehead atoms. The van der Waals surface area contributed by atoms with Crippen molar-refractivity contribution < 1.29 is 14.7 Å². The van der Waals surface area contributed by atoms with E-state index in [0.29, 0.717) is 10.7 Å². The number of rotatable bonds is 2. The second-order valence-corrected chi connectivity index (χ2v) is 4.69. The average Bonchev–Trinajstić information content (AvgIpc) is 2.29. The van der Waals surface area contributed by atoms with Gasteiger partial charge in [-0.25, -0.2) is 0 Å². The molecule has 1 aromatic carbocycles. The summed E-state index contributed by atoms with van der Waals surface area (Å²) in [7, 11) is 1.70. The molecule has 1 aromatic rings. The van der Waals surface area contributed by atoms with Crippen LogP contribution < -0.4 is 10.2 Å². The highest BCUT2D eigenvalue weighted by Crippen LogP contribution is 2.38. The van der Waals surface area contributed by atoms with Gasteiger partial charge in [0, 0.05) is 12.1 Å². The monoisotopic (exact) mass is 268 g/mol. The lowest BCUT2D eigenvalue weighted by Crippen LogP contribution is -2.47. The first-order chi connectivity index (χ1) is 8.41. The lowest BCUT2D eigenvalue weighted by Gasteiger charge is -2.35. The van der Waals surface area contributed by atoms with Crippen molar-refractivity contribution >= 4 is 34.9 Å². The Kier molecular flexibility index (Phi) is 3.17. The quantitative estimate of drug-likeness (QED) is 0.859. The van der Waals surface area contributed by atoms with Crippen LogP contribution in [0.5, 0.6) is 0 Å². The third-order valence-corrected chi connectivity index (χ3v) is 3.52. The fourth-order valence-corrected chi connectivity index (χ4v) is 2.33. The minimum absolute atomic E-state index is 0.242. The summed E-state index contributed by atoms with van der Waals surface area (Å²) >= 11 is 6.05. The third kappa shape index (κ3) is 2.01. The van der Waals surface area contributed by atoms with Gasteiger partial charge in [-0.2, -0.15) is 0 Å². The molecule has 1 amide bonds. The molecule has 2 rings (SSSR count). The van der Waals surface area contributed by atoms with E-state index in [4.69, 9.17) is 16.7 Å². The van der Waals surface area contributed by atoms with E-state index in [1.165, 1.54) is 0 Å². The van der Waals surface area contributed by atoms with Crippen LogP contribution in [0.3, 0.4) is 0 Å². The number of amides is 1. The molecular weight excluding hydrogens is 256 g/mol. The highest BCUT2D eigenvalue weighted by atomic mass is 35.5. The van der Waals surface area contributed by atoms with Crippen LogP contribution in [-0.2, 0) is 9.59 Å². The van der Waals surface area contributed by atoms with Crippen molar-refractivity contribution in [1.29, 1.82) is 0 Å². The lowest BCUT2D eigenvalue weighted by molar-refractivity contribution is -0.138. The van der Waals surface area contributed by atoms with E-state index >= 15 is 0 Å². The highest BCUT2D eigenvalue weighted by molar-refractivity contribution is 6.32. The lowest BCUT2D eigenvalue weighted by atomic mass is 10.0. The summed E-state index contributed by atoms with van der Waals surface area (Å²) in [6.45, 7) is 1.84. The topological polar surface area (TPSA) is 69.6 Å². The van der Waals surface area contributed by atoms with E-state index in [1.54, 1.807) is 24.1 Å². The summed E-state index contributed by atoms with van der Waals surface area (Å²) in [5.41, 5.74) is 2.26. The summed E-state index contributed by atoms with van der Waals surface area (Å²) in [4.78, 5) is 24.3. The molecular formula is C12H13ClN2O3. The smallest absolute Gasteiger partial charge is 0.305 e. The number of carbonyl (C=O) groups is 2. The first-order valence-corrected chi connectivity index (χ1v) is 5.84. The van der Waals surface area contributed by atoms with E-state index in [9.17, 15) is 9.59 Å². The fraction of sp³-hybridized carbons (Fsp3) is 0.333. The third-order valence-electron chi connectivity index (χ3n) is 3.11. The number of halogens is 1. The molecule has 0 aliphatic carbocycles. The molecule has 1 aliphatic rings. The Morgan fingerprint density at radius 3 is 2.83 bits per heavy atom. The summed E-state index contributed by atoms with van der Waals surface area (Å²) in [5, 5.41) is 12.1. The number of nitrogens with zero attached hydrogens (tertiary/aromatic N) is 1. The molecule has 0 radical (unpaired) electrons. The Labute approximate surface area is 109 Å². The van der Waals surface area contributed by atoms with Gasteiger partial charge in [0.2, 0.25) is 5.91 Å². The van der Waals surface area contributed by atoms with Gasteiger partial charge in [0.15, 0.2) is 0 Å². The molecule has 0 fully saturated rings. The van der Waals surface area contributed by atoms with Crippen LogP contribution in [0.4, 0.5) is 11.4 Å². The average molecular weight is 269 g/mol. The van der Waals surface area contributed by atoms with Crippen molar-refractivity contribution in [3.05, 3.63) is 22.7 Å². The predicted molar refractivity (Wildman–Crippen MR) is 69.3 cm³/mol. The zero-order chi connectivity index (χ0) is 13.4. The Hall–Kier alpha value is -1.75. The molecule has 0 spiro atoms. The van der Waals surface area contributed by atoms with Crippen molar-refractivity contribution in [2.24, 2.45) is 0 Å². The number of carboxylic acids is 1. The Bertz CT molecular complexity index is 530. The van der Waals surface area contributed by atoms with E-state index in [1.807, 2.05) is 6.92 Å². The second-order valence-electron chi connectivity index (χ2n) is 4.28. The minimum atomic E-state index is -1.01. The molecule has 1 unspecified atom stereocenters. The number of carbonyl (C=O) groups excluding carboxylic acids is 1. The fourth-order valence-electron chi connectivity index (χ4n) is 2.17. The van der Waals surface area contributed by atoms with Gasteiger partial charge in [-0.3, -0.25) is 9.59 Å². The normalized spacial score (nSPS) is 18.3. The van der Waals surface area contributed by atoms with Gasteiger partial charge in [0.25, 0.3) is 0 Å². The van der Waals surface area contributed by atoms with Crippen LogP contribution in [0.25, 0.3) is 0 Å². The van der Waals surface area contributed by atoms with Gasteiger partial charge in [-0.05, 0) is 24.6 Å². The number of carboxylic acid groups (broad SMARTS) is 1. The van der Waals surface area contributed by atoms with Crippen molar-refractivity contribution in [3.63, 3.8) is 0 Å². The van der Waals surface area contributed by atoms with Gasteiger partial charge in [-0.1, -0.05) is 11.6 Å². The molecule has 18 heavy (non-hydrogen) atoms. The van der Waals surface area contributed by atoms with Crippen LogP contribution >= 0.6 is 11.6 Å². The zero-order valence-corrected chi connectivity index (χ0v) is 10.8. The summed E-state index contributed by atoms with van der Waals surface area (Å²) in [6.07, 6.45) is -0.242. The molecule has 6 heteroatoms. The highest BCUT2D eigenvalue weighted by Gasteiger charge is 2.33. The number of aliphatic carboxylic acids is 1. The van der Waals surface area contributed by atoms with E-state index in [0.717, 1.165) is 11.3 Å².